The van der Waals surface area contributed by atoms with E-state index in [1.165, 1.54) is 11.8 Å². The summed E-state index contributed by atoms with van der Waals surface area (Å²) in [7, 11) is 1.64. The van der Waals surface area contributed by atoms with Crippen LogP contribution in [0.2, 0.25) is 5.02 Å². The van der Waals surface area contributed by atoms with E-state index in [0.717, 1.165) is 27.7 Å². The van der Waals surface area contributed by atoms with Crippen molar-refractivity contribution in [2.45, 2.75) is 12.1 Å². The summed E-state index contributed by atoms with van der Waals surface area (Å²) in [5.74, 6) is 2.15. The van der Waals surface area contributed by atoms with E-state index < -0.39 is 0 Å². The third-order valence-corrected chi connectivity index (χ3v) is 5.14. The number of rotatable bonds is 5. The summed E-state index contributed by atoms with van der Waals surface area (Å²) in [6.07, 6.45) is 0. The van der Waals surface area contributed by atoms with Gasteiger partial charge in [-0.15, -0.1) is 10.2 Å². The Bertz CT molecular complexity index is 1020. The summed E-state index contributed by atoms with van der Waals surface area (Å²) in [5.41, 5.74) is 6.13. The minimum atomic E-state index is 0.573. The number of thioether (sulfide) groups is 1. The average Bonchev–Trinajstić information content (AvgIpc) is 3.13. The Hall–Kier alpha value is -2.64. The Labute approximate surface area is 166 Å². The molecule has 8 heteroatoms. The number of fused-ring (bicyclic) bond motifs is 1. The summed E-state index contributed by atoms with van der Waals surface area (Å²) < 4.78 is 12.7. The lowest BCUT2D eigenvalue weighted by Crippen LogP contribution is -2.18. The van der Waals surface area contributed by atoms with Crippen LogP contribution in [0.15, 0.2) is 53.0 Å². The van der Waals surface area contributed by atoms with Crippen molar-refractivity contribution in [1.82, 2.24) is 14.9 Å². The van der Waals surface area contributed by atoms with E-state index in [0.29, 0.717) is 23.2 Å². The fourth-order valence-corrected chi connectivity index (χ4v) is 3.70. The molecule has 1 N–H and O–H groups in total. The minimum absolute atomic E-state index is 0.573. The van der Waals surface area contributed by atoms with Gasteiger partial charge >= 0.3 is 0 Å². The number of benzene rings is 2. The van der Waals surface area contributed by atoms with Gasteiger partial charge in [0.15, 0.2) is 5.82 Å². The molecule has 1 aliphatic heterocycles. The fourth-order valence-electron chi connectivity index (χ4n) is 2.73. The normalized spacial score (nSPS) is 12.8. The number of hydrogen-bond donors (Lipinski definition) is 1. The highest BCUT2D eigenvalue weighted by Crippen LogP contribution is 2.34. The molecule has 2 aromatic carbocycles. The van der Waals surface area contributed by atoms with Crippen LogP contribution < -0.4 is 14.9 Å². The highest BCUT2D eigenvalue weighted by atomic mass is 35.5. The molecule has 27 heavy (non-hydrogen) atoms. The third kappa shape index (κ3) is 3.48. The van der Waals surface area contributed by atoms with Crippen LogP contribution in [0.25, 0.3) is 17.1 Å². The van der Waals surface area contributed by atoms with Gasteiger partial charge in [0.1, 0.15) is 11.5 Å². The lowest BCUT2D eigenvalue weighted by atomic mass is 10.1. The predicted octanol–water partition coefficient (Wildman–Crippen LogP) is 4.65. The van der Waals surface area contributed by atoms with E-state index in [4.69, 9.17) is 21.1 Å². The molecular weight excluding hydrogens is 384 g/mol. The summed E-state index contributed by atoms with van der Waals surface area (Å²) in [5, 5.41) is 11.9. The van der Waals surface area contributed by atoms with Crippen LogP contribution in [-0.2, 0) is 0 Å². The second kappa shape index (κ2) is 7.54. The molecule has 4 rings (SSSR count). The zero-order valence-corrected chi connectivity index (χ0v) is 16.3. The number of hydrogen-bond acceptors (Lipinski definition) is 6. The molecule has 2 heterocycles. The fraction of sp³-hybridized carbons (Fsp3) is 0.158. The van der Waals surface area contributed by atoms with Gasteiger partial charge in [0.2, 0.25) is 5.16 Å². The topological polar surface area (TPSA) is 61.2 Å². The first-order chi connectivity index (χ1) is 13.2. The Kier molecular flexibility index (Phi) is 4.96. The van der Waals surface area contributed by atoms with Gasteiger partial charge in [-0.1, -0.05) is 35.5 Å². The maximum Gasteiger partial charge on any atom is 0.214 e. The molecule has 0 unspecified atom stereocenters. The molecule has 0 fully saturated rings. The van der Waals surface area contributed by atoms with Crippen LogP contribution in [0, 0.1) is 0 Å². The first-order valence-electron chi connectivity index (χ1n) is 8.36. The number of nitrogens with zero attached hydrogens (tertiary/aromatic N) is 3. The van der Waals surface area contributed by atoms with Gasteiger partial charge in [-0.3, -0.25) is 5.43 Å². The van der Waals surface area contributed by atoms with Crippen molar-refractivity contribution in [3.05, 3.63) is 58.5 Å². The van der Waals surface area contributed by atoms with Crippen molar-refractivity contribution >= 4 is 29.1 Å². The number of halogens is 1. The smallest absolute Gasteiger partial charge is 0.214 e. The molecule has 138 valence electrons. The first-order valence-corrected chi connectivity index (χ1v) is 9.61. The first kappa shape index (κ1) is 17.8. The van der Waals surface area contributed by atoms with Crippen LogP contribution >= 0.6 is 23.4 Å². The standard InChI is InChI=1S/C19H17ClN4O2S/c1-3-26-17-8-7-12(10-15(17)20)16-11-27-19-22-21-18(24(19)23-16)13-5-4-6-14(9-13)25-2/h4-11,23H,3H2,1-2H3. The number of ether oxygens (including phenoxy) is 2. The van der Waals surface area contributed by atoms with E-state index in [2.05, 4.69) is 15.6 Å². The highest BCUT2D eigenvalue weighted by molar-refractivity contribution is 8.02. The molecule has 0 spiro atoms. The Morgan fingerprint density at radius 2 is 2.04 bits per heavy atom. The van der Waals surface area contributed by atoms with Crippen molar-refractivity contribution in [2.24, 2.45) is 0 Å². The number of aromatic nitrogens is 3. The molecule has 0 bridgehead atoms. The number of methoxy groups -OCH3 is 1. The summed E-state index contributed by atoms with van der Waals surface area (Å²) in [6.45, 7) is 2.50. The van der Waals surface area contributed by atoms with Crippen LogP contribution in [0.1, 0.15) is 12.5 Å². The average molecular weight is 401 g/mol. The second-order valence-corrected chi connectivity index (χ2v) is 6.96. The molecule has 0 aliphatic carbocycles. The molecule has 0 saturated heterocycles. The zero-order valence-electron chi connectivity index (χ0n) is 14.8. The van der Waals surface area contributed by atoms with Gasteiger partial charge in [0.05, 0.1) is 24.4 Å². The lowest BCUT2D eigenvalue weighted by Gasteiger charge is -2.19. The van der Waals surface area contributed by atoms with Crippen molar-refractivity contribution in [3.8, 4) is 22.9 Å². The Balaban J connectivity index is 1.65. The molecule has 6 nitrogen and oxygen atoms in total. The summed E-state index contributed by atoms with van der Waals surface area (Å²) in [4.78, 5) is 0. The second-order valence-electron chi connectivity index (χ2n) is 5.71. The van der Waals surface area contributed by atoms with E-state index in [1.807, 2.05) is 59.5 Å². The molecule has 1 aliphatic rings. The van der Waals surface area contributed by atoms with Crippen LogP contribution in [0.3, 0.4) is 0 Å². The van der Waals surface area contributed by atoms with Crippen LogP contribution in [0.4, 0.5) is 0 Å². The van der Waals surface area contributed by atoms with Crippen molar-refractivity contribution in [2.75, 3.05) is 19.1 Å². The van der Waals surface area contributed by atoms with Crippen LogP contribution in [-0.4, -0.2) is 28.6 Å². The van der Waals surface area contributed by atoms with Crippen molar-refractivity contribution in [1.29, 1.82) is 0 Å². The molecule has 0 saturated carbocycles. The van der Waals surface area contributed by atoms with E-state index in [-0.39, 0.29) is 0 Å². The van der Waals surface area contributed by atoms with Gasteiger partial charge in [-0.05, 0) is 37.3 Å². The lowest BCUT2D eigenvalue weighted by molar-refractivity contribution is 0.340. The molecule has 0 atom stereocenters. The molecule has 0 amide bonds. The summed E-state index contributed by atoms with van der Waals surface area (Å²) >= 11 is 7.83. The third-order valence-electron chi connectivity index (χ3n) is 4.02. The van der Waals surface area contributed by atoms with Gasteiger partial charge in [-0.25, -0.2) is 4.68 Å². The van der Waals surface area contributed by atoms with Gasteiger partial charge < -0.3 is 9.47 Å². The predicted molar refractivity (Wildman–Crippen MR) is 108 cm³/mol. The Morgan fingerprint density at radius 1 is 1.15 bits per heavy atom. The Morgan fingerprint density at radius 3 is 2.81 bits per heavy atom. The van der Waals surface area contributed by atoms with E-state index in [9.17, 15) is 0 Å². The SMILES string of the molecule is CCOc1ccc(C2=CSc3nnc(-c4cccc(OC)c4)n3N2)cc1Cl. The zero-order chi connectivity index (χ0) is 18.8. The maximum atomic E-state index is 6.33. The van der Waals surface area contributed by atoms with Gasteiger partial charge in [-0.2, -0.15) is 0 Å². The quantitative estimate of drug-likeness (QED) is 0.672. The van der Waals surface area contributed by atoms with E-state index in [1.54, 1.807) is 7.11 Å². The van der Waals surface area contributed by atoms with Gasteiger partial charge in [0, 0.05) is 16.5 Å². The maximum absolute atomic E-state index is 6.33. The highest BCUT2D eigenvalue weighted by Gasteiger charge is 2.20. The monoisotopic (exact) mass is 400 g/mol. The number of nitrogens with one attached hydrogen (secondary N) is 1. The molecular formula is C19H17ClN4O2S. The largest absolute Gasteiger partial charge is 0.497 e. The van der Waals surface area contributed by atoms with Crippen molar-refractivity contribution in [3.63, 3.8) is 0 Å². The van der Waals surface area contributed by atoms with Crippen LogP contribution in [0.5, 0.6) is 11.5 Å². The molecule has 0 radical (unpaired) electrons. The minimum Gasteiger partial charge on any atom is -0.497 e. The summed E-state index contributed by atoms with van der Waals surface area (Å²) in [6, 6.07) is 13.4. The van der Waals surface area contributed by atoms with Gasteiger partial charge in [0.25, 0.3) is 0 Å². The molecule has 1 aromatic heterocycles. The molecule has 3 aromatic rings. The van der Waals surface area contributed by atoms with E-state index >= 15 is 0 Å². The van der Waals surface area contributed by atoms with Crippen molar-refractivity contribution < 1.29 is 9.47 Å².